The van der Waals surface area contributed by atoms with Crippen molar-refractivity contribution in [3.63, 3.8) is 0 Å². The number of carbonyl (C=O) groups is 1. The average Bonchev–Trinajstić information content (AvgIpc) is 2.62. The Labute approximate surface area is 93.9 Å². The number of benzene rings is 1. The third-order valence-corrected chi connectivity index (χ3v) is 3.24. The summed E-state index contributed by atoms with van der Waals surface area (Å²) in [7, 11) is 0. The van der Waals surface area contributed by atoms with E-state index in [1.54, 1.807) is 0 Å². The molecule has 2 rings (SSSR count). The van der Waals surface area contributed by atoms with Gasteiger partial charge in [0.05, 0.1) is 11.8 Å². The first-order valence-electron chi connectivity index (χ1n) is 5.14. The smallest absolute Gasteiger partial charge is 0.305 e. The monoisotopic (exact) mass is 224 g/mol. The van der Waals surface area contributed by atoms with E-state index >= 15 is 0 Å². The fourth-order valence-electron chi connectivity index (χ4n) is 2.06. The van der Waals surface area contributed by atoms with Crippen LogP contribution in [-0.4, -0.2) is 11.1 Å². The summed E-state index contributed by atoms with van der Waals surface area (Å²) in [5.41, 5.74) is 3.65. The number of fused-ring (bicyclic) bond motifs is 1. The van der Waals surface area contributed by atoms with Crippen molar-refractivity contribution >= 4 is 17.6 Å². The molecule has 1 aliphatic rings. The highest BCUT2D eigenvalue weighted by molar-refractivity contribution is 6.21. The molecule has 0 saturated heterocycles. The van der Waals surface area contributed by atoms with Gasteiger partial charge in [-0.15, -0.1) is 11.6 Å². The van der Waals surface area contributed by atoms with Crippen LogP contribution in [-0.2, 0) is 17.6 Å². The Morgan fingerprint density at radius 3 is 2.87 bits per heavy atom. The van der Waals surface area contributed by atoms with Gasteiger partial charge in [-0.3, -0.25) is 4.79 Å². The highest BCUT2D eigenvalue weighted by Gasteiger charge is 2.16. The minimum absolute atomic E-state index is 0.0135. The van der Waals surface area contributed by atoms with E-state index in [0.717, 1.165) is 18.4 Å². The summed E-state index contributed by atoms with van der Waals surface area (Å²) in [6, 6.07) is 6.09. The van der Waals surface area contributed by atoms with Crippen LogP contribution in [0.15, 0.2) is 18.2 Å². The molecule has 0 fully saturated rings. The van der Waals surface area contributed by atoms with Crippen molar-refractivity contribution in [2.45, 2.75) is 31.1 Å². The summed E-state index contributed by atoms with van der Waals surface area (Å²) >= 11 is 6.02. The van der Waals surface area contributed by atoms with E-state index in [2.05, 4.69) is 12.1 Å². The molecule has 0 bridgehead atoms. The lowest BCUT2D eigenvalue weighted by Crippen LogP contribution is -2.01. The number of hydrogen-bond acceptors (Lipinski definition) is 1. The van der Waals surface area contributed by atoms with Crippen LogP contribution in [0.4, 0.5) is 0 Å². The molecular formula is C12H13ClO2. The summed E-state index contributed by atoms with van der Waals surface area (Å²) < 4.78 is 0. The summed E-state index contributed by atoms with van der Waals surface area (Å²) in [5, 5.41) is 8.25. The molecule has 15 heavy (non-hydrogen) atoms. The number of carboxylic acids is 1. The number of halogens is 1. The Balaban J connectivity index is 2.19. The van der Waals surface area contributed by atoms with Crippen molar-refractivity contribution in [3.05, 3.63) is 34.9 Å². The highest BCUT2D eigenvalue weighted by atomic mass is 35.5. The van der Waals surface area contributed by atoms with E-state index in [9.17, 15) is 4.79 Å². The number of carboxylic acid groups (broad SMARTS) is 1. The van der Waals surface area contributed by atoms with Crippen LogP contribution in [0.5, 0.6) is 0 Å². The Morgan fingerprint density at radius 2 is 2.13 bits per heavy atom. The van der Waals surface area contributed by atoms with Crippen LogP contribution in [0.2, 0.25) is 0 Å². The number of aliphatic carboxylic acids is 1. The van der Waals surface area contributed by atoms with Crippen LogP contribution in [0.3, 0.4) is 0 Å². The van der Waals surface area contributed by atoms with Gasteiger partial charge in [0.2, 0.25) is 0 Å². The van der Waals surface area contributed by atoms with Crippen molar-refractivity contribution in [2.75, 3.05) is 0 Å². The second-order valence-corrected chi connectivity index (χ2v) is 4.47. The number of hydrogen-bond donors (Lipinski definition) is 1. The van der Waals surface area contributed by atoms with Crippen LogP contribution in [0.25, 0.3) is 0 Å². The summed E-state index contributed by atoms with van der Waals surface area (Å²) in [4.78, 5) is 10.5. The zero-order chi connectivity index (χ0) is 10.8. The molecule has 80 valence electrons. The van der Waals surface area contributed by atoms with Gasteiger partial charge in [0.25, 0.3) is 0 Å². The van der Waals surface area contributed by atoms with Crippen molar-refractivity contribution in [1.82, 2.24) is 0 Å². The molecule has 0 aromatic heterocycles. The maximum atomic E-state index is 10.5. The number of rotatable bonds is 3. The molecule has 1 aromatic rings. The molecule has 1 N–H and O–H groups in total. The van der Waals surface area contributed by atoms with E-state index < -0.39 is 11.3 Å². The van der Waals surface area contributed by atoms with Crippen LogP contribution in [0, 0.1) is 0 Å². The van der Waals surface area contributed by atoms with Crippen molar-refractivity contribution in [3.8, 4) is 0 Å². The Hall–Kier alpha value is -1.02. The highest BCUT2D eigenvalue weighted by Crippen LogP contribution is 2.29. The molecule has 2 nitrogen and oxygen atoms in total. The van der Waals surface area contributed by atoms with Gasteiger partial charge in [-0.05, 0) is 36.0 Å². The molecule has 0 amide bonds. The van der Waals surface area contributed by atoms with E-state index in [4.69, 9.17) is 16.7 Å². The minimum Gasteiger partial charge on any atom is -0.481 e. The van der Waals surface area contributed by atoms with E-state index in [1.165, 1.54) is 17.5 Å². The van der Waals surface area contributed by atoms with Crippen LogP contribution < -0.4 is 0 Å². The number of aryl methyl sites for hydroxylation is 2. The third-order valence-electron chi connectivity index (χ3n) is 2.84. The van der Waals surface area contributed by atoms with Gasteiger partial charge in [0.15, 0.2) is 0 Å². The fraction of sp³-hybridized carbons (Fsp3) is 0.417. The Morgan fingerprint density at radius 1 is 1.40 bits per heavy atom. The van der Waals surface area contributed by atoms with E-state index in [-0.39, 0.29) is 6.42 Å². The second kappa shape index (κ2) is 4.23. The molecule has 0 aliphatic heterocycles. The number of alkyl halides is 1. The van der Waals surface area contributed by atoms with Crippen LogP contribution in [0.1, 0.15) is 34.9 Å². The normalized spacial score (nSPS) is 16.1. The largest absolute Gasteiger partial charge is 0.481 e. The molecule has 1 aromatic carbocycles. The minimum atomic E-state index is -0.851. The Kier molecular flexibility index (Phi) is 2.96. The maximum Gasteiger partial charge on any atom is 0.305 e. The zero-order valence-electron chi connectivity index (χ0n) is 8.37. The van der Waals surface area contributed by atoms with Crippen molar-refractivity contribution in [2.24, 2.45) is 0 Å². The van der Waals surface area contributed by atoms with Gasteiger partial charge in [0.1, 0.15) is 0 Å². The van der Waals surface area contributed by atoms with Gasteiger partial charge in [-0.25, -0.2) is 0 Å². The lowest BCUT2D eigenvalue weighted by atomic mass is 10.0. The zero-order valence-corrected chi connectivity index (χ0v) is 9.13. The molecule has 0 heterocycles. The molecule has 1 atom stereocenters. The maximum absolute atomic E-state index is 10.5. The van der Waals surface area contributed by atoms with Gasteiger partial charge in [-0.1, -0.05) is 18.2 Å². The predicted molar refractivity (Wildman–Crippen MR) is 59.3 cm³/mol. The molecule has 1 aliphatic carbocycles. The lowest BCUT2D eigenvalue weighted by Gasteiger charge is -2.09. The van der Waals surface area contributed by atoms with Crippen molar-refractivity contribution < 1.29 is 9.90 Å². The van der Waals surface area contributed by atoms with Crippen molar-refractivity contribution in [1.29, 1.82) is 0 Å². The van der Waals surface area contributed by atoms with Crippen LogP contribution >= 0.6 is 11.6 Å². The fourth-order valence-corrected chi connectivity index (χ4v) is 2.33. The third kappa shape index (κ3) is 2.32. The quantitative estimate of drug-likeness (QED) is 0.802. The summed E-state index contributed by atoms with van der Waals surface area (Å²) in [6.45, 7) is 0. The van der Waals surface area contributed by atoms with Gasteiger partial charge < -0.3 is 5.11 Å². The van der Waals surface area contributed by atoms with E-state index in [0.29, 0.717) is 0 Å². The first-order chi connectivity index (χ1) is 7.16. The molecule has 0 spiro atoms. The standard InChI is InChI=1S/C12H13ClO2/c13-11(7-12(14)15)10-5-4-8-2-1-3-9(8)6-10/h4-6,11H,1-3,7H2,(H,14,15). The van der Waals surface area contributed by atoms with E-state index in [1.807, 2.05) is 6.07 Å². The first-order valence-corrected chi connectivity index (χ1v) is 5.58. The summed E-state index contributed by atoms with van der Waals surface area (Å²) in [5.74, 6) is -0.851. The van der Waals surface area contributed by atoms with Gasteiger partial charge >= 0.3 is 5.97 Å². The molecular weight excluding hydrogens is 212 g/mol. The van der Waals surface area contributed by atoms with Gasteiger partial charge in [-0.2, -0.15) is 0 Å². The molecule has 3 heteroatoms. The second-order valence-electron chi connectivity index (χ2n) is 3.95. The molecule has 0 saturated carbocycles. The predicted octanol–water partition coefficient (Wildman–Crippen LogP) is 2.93. The molecule has 1 unspecified atom stereocenters. The average molecular weight is 225 g/mol. The van der Waals surface area contributed by atoms with Gasteiger partial charge in [0, 0.05) is 0 Å². The Bertz CT molecular complexity index is 387. The molecule has 0 radical (unpaired) electrons. The lowest BCUT2D eigenvalue weighted by molar-refractivity contribution is -0.137. The first kappa shape index (κ1) is 10.5. The topological polar surface area (TPSA) is 37.3 Å². The summed E-state index contributed by atoms with van der Waals surface area (Å²) in [6.07, 6.45) is 3.42. The SMILES string of the molecule is O=C(O)CC(Cl)c1ccc2c(c1)CCC2.